The highest BCUT2D eigenvalue weighted by atomic mass is 79.9. The highest BCUT2D eigenvalue weighted by Gasteiger charge is 2.10. The van der Waals surface area contributed by atoms with E-state index in [-0.39, 0.29) is 18.1 Å². The highest BCUT2D eigenvalue weighted by molar-refractivity contribution is 9.10. The minimum Gasteiger partial charge on any atom is -0.363 e. The van der Waals surface area contributed by atoms with Gasteiger partial charge in [-0.3, -0.25) is 0 Å². The maximum atomic E-state index is 13.8. The van der Waals surface area contributed by atoms with Gasteiger partial charge >= 0.3 is 0 Å². The van der Waals surface area contributed by atoms with Crippen LogP contribution in [0.5, 0.6) is 0 Å². The number of aryl methyl sites for hydroxylation is 2. The number of halogens is 3. The van der Waals surface area contributed by atoms with Crippen LogP contribution in [0.2, 0.25) is 0 Å². The van der Waals surface area contributed by atoms with Crippen molar-refractivity contribution in [1.82, 2.24) is 15.0 Å². The van der Waals surface area contributed by atoms with Gasteiger partial charge in [0.15, 0.2) is 11.6 Å². The number of anilines is 1. The predicted octanol–water partition coefficient (Wildman–Crippen LogP) is 3.14. The third kappa shape index (κ3) is 3.23. The van der Waals surface area contributed by atoms with Crippen molar-refractivity contribution in [3.63, 3.8) is 0 Å². The fourth-order valence-corrected chi connectivity index (χ4v) is 2.01. The van der Waals surface area contributed by atoms with Crippen molar-refractivity contribution in [1.29, 1.82) is 0 Å². The lowest BCUT2D eigenvalue weighted by molar-refractivity contribution is 0.579. The summed E-state index contributed by atoms with van der Waals surface area (Å²) < 4.78 is 27.0. The Morgan fingerprint density at radius 2 is 1.89 bits per heavy atom. The molecule has 0 amide bonds. The van der Waals surface area contributed by atoms with Crippen LogP contribution in [-0.4, -0.2) is 15.0 Å². The lowest BCUT2D eigenvalue weighted by Gasteiger charge is -2.09. The number of hydrogen-bond donors (Lipinski definition) is 1. The second kappa shape index (κ2) is 5.56. The molecule has 0 aliphatic carbocycles. The van der Waals surface area contributed by atoms with Gasteiger partial charge in [-0.05, 0) is 35.8 Å². The largest absolute Gasteiger partial charge is 0.363 e. The van der Waals surface area contributed by atoms with Crippen LogP contribution >= 0.6 is 15.9 Å². The van der Waals surface area contributed by atoms with E-state index in [1.54, 1.807) is 19.9 Å². The molecule has 0 aliphatic heterocycles. The second-order valence-corrected chi connectivity index (χ2v) is 4.71. The number of hydrogen-bond acceptors (Lipinski definition) is 4. The molecule has 0 atom stereocenters. The number of rotatable bonds is 3. The lowest BCUT2D eigenvalue weighted by atomic mass is 10.3. The molecule has 19 heavy (non-hydrogen) atoms. The summed E-state index contributed by atoms with van der Waals surface area (Å²) in [6, 6.07) is 2.81. The molecule has 2 aromatic heterocycles. The van der Waals surface area contributed by atoms with Crippen molar-refractivity contribution in [2.45, 2.75) is 20.4 Å². The first kappa shape index (κ1) is 13.8. The normalized spacial score (nSPS) is 10.6. The van der Waals surface area contributed by atoms with Crippen LogP contribution in [0.15, 0.2) is 16.7 Å². The Balaban J connectivity index is 2.19. The maximum absolute atomic E-state index is 13.8. The zero-order valence-electron chi connectivity index (χ0n) is 10.3. The molecule has 2 heterocycles. The molecule has 0 unspecified atom stereocenters. The zero-order chi connectivity index (χ0) is 14.0. The van der Waals surface area contributed by atoms with Crippen molar-refractivity contribution in [3.05, 3.63) is 45.6 Å². The van der Waals surface area contributed by atoms with E-state index in [2.05, 4.69) is 36.2 Å². The van der Waals surface area contributed by atoms with E-state index >= 15 is 0 Å². The molecule has 1 N–H and O–H groups in total. The summed E-state index contributed by atoms with van der Waals surface area (Å²) in [6.07, 6.45) is 0. The molecule has 100 valence electrons. The van der Waals surface area contributed by atoms with Gasteiger partial charge in [0, 0.05) is 12.1 Å². The van der Waals surface area contributed by atoms with E-state index in [1.807, 2.05) is 0 Å². The fourth-order valence-electron chi connectivity index (χ4n) is 1.57. The van der Waals surface area contributed by atoms with E-state index in [0.29, 0.717) is 16.0 Å². The summed E-state index contributed by atoms with van der Waals surface area (Å²) in [5, 5.41) is 2.85. The van der Waals surface area contributed by atoms with Gasteiger partial charge in [0.05, 0.1) is 5.69 Å². The van der Waals surface area contributed by atoms with Crippen LogP contribution < -0.4 is 5.32 Å². The van der Waals surface area contributed by atoms with Gasteiger partial charge < -0.3 is 5.32 Å². The summed E-state index contributed by atoms with van der Waals surface area (Å²) in [5.41, 5.74) is 0.987. The average molecular weight is 329 g/mol. The van der Waals surface area contributed by atoms with Crippen LogP contribution in [-0.2, 0) is 6.54 Å². The molecule has 2 rings (SSSR count). The van der Waals surface area contributed by atoms with Crippen molar-refractivity contribution in [2.24, 2.45) is 0 Å². The van der Waals surface area contributed by atoms with E-state index in [0.717, 1.165) is 0 Å². The third-order valence-electron chi connectivity index (χ3n) is 2.47. The number of aromatic nitrogens is 3. The monoisotopic (exact) mass is 328 g/mol. The van der Waals surface area contributed by atoms with E-state index in [4.69, 9.17) is 0 Å². The first-order chi connectivity index (χ1) is 8.97. The summed E-state index contributed by atoms with van der Waals surface area (Å²) >= 11 is 3.15. The molecule has 4 nitrogen and oxygen atoms in total. The fraction of sp³-hybridized carbons (Fsp3) is 0.250. The van der Waals surface area contributed by atoms with Crippen molar-refractivity contribution in [3.8, 4) is 0 Å². The van der Waals surface area contributed by atoms with Crippen molar-refractivity contribution >= 4 is 21.7 Å². The predicted molar refractivity (Wildman–Crippen MR) is 70.7 cm³/mol. The maximum Gasteiger partial charge on any atom is 0.213 e. The molecule has 0 saturated carbocycles. The highest BCUT2D eigenvalue weighted by Crippen LogP contribution is 2.18. The summed E-state index contributed by atoms with van der Waals surface area (Å²) in [4.78, 5) is 11.5. The Bertz CT molecular complexity index is 619. The molecular formula is C12H11BrF2N4. The molecule has 0 aliphatic rings. The molecule has 0 spiro atoms. The molecule has 0 fully saturated rings. The minimum absolute atomic E-state index is 0.126. The van der Waals surface area contributed by atoms with Gasteiger partial charge in [0.1, 0.15) is 10.4 Å². The van der Waals surface area contributed by atoms with Crippen LogP contribution in [0.1, 0.15) is 17.1 Å². The third-order valence-corrected chi connectivity index (χ3v) is 3.15. The van der Waals surface area contributed by atoms with Crippen LogP contribution in [0, 0.1) is 25.6 Å². The van der Waals surface area contributed by atoms with Gasteiger partial charge in [-0.25, -0.2) is 19.3 Å². The number of nitrogens with zero attached hydrogens (tertiary/aromatic N) is 3. The van der Waals surface area contributed by atoms with Gasteiger partial charge in [-0.2, -0.15) is 4.39 Å². The first-order valence-corrected chi connectivity index (χ1v) is 6.32. The number of pyridine rings is 1. The summed E-state index contributed by atoms with van der Waals surface area (Å²) in [6.45, 7) is 3.54. The molecule has 0 aromatic carbocycles. The van der Waals surface area contributed by atoms with Gasteiger partial charge in [0.25, 0.3) is 0 Å². The van der Waals surface area contributed by atoms with Crippen LogP contribution in [0.3, 0.4) is 0 Å². The first-order valence-electron chi connectivity index (χ1n) is 5.53. The lowest BCUT2D eigenvalue weighted by Crippen LogP contribution is -2.08. The van der Waals surface area contributed by atoms with Gasteiger partial charge in [0.2, 0.25) is 5.95 Å². The van der Waals surface area contributed by atoms with E-state index < -0.39 is 11.8 Å². The molecule has 0 bridgehead atoms. The smallest absolute Gasteiger partial charge is 0.213 e. The zero-order valence-corrected chi connectivity index (χ0v) is 11.9. The molecule has 2 aromatic rings. The number of nitrogens with one attached hydrogen (secondary N) is 1. The van der Waals surface area contributed by atoms with Gasteiger partial charge in [-0.15, -0.1) is 0 Å². The van der Waals surface area contributed by atoms with Crippen LogP contribution in [0.25, 0.3) is 0 Å². The molecular weight excluding hydrogens is 318 g/mol. The summed E-state index contributed by atoms with van der Waals surface area (Å²) in [5.74, 6) is -0.453. The second-order valence-electron chi connectivity index (χ2n) is 3.96. The van der Waals surface area contributed by atoms with E-state index in [9.17, 15) is 8.78 Å². The average Bonchev–Trinajstić information content (AvgIpc) is 2.33. The Hall–Kier alpha value is -1.63. The summed E-state index contributed by atoms with van der Waals surface area (Å²) in [7, 11) is 0. The van der Waals surface area contributed by atoms with Crippen LogP contribution in [0.4, 0.5) is 14.6 Å². The Kier molecular flexibility index (Phi) is 4.04. The quantitative estimate of drug-likeness (QED) is 0.879. The molecule has 7 heteroatoms. The Morgan fingerprint density at radius 1 is 1.16 bits per heavy atom. The Morgan fingerprint density at radius 3 is 2.58 bits per heavy atom. The van der Waals surface area contributed by atoms with Gasteiger partial charge in [-0.1, -0.05) is 6.07 Å². The molecule has 0 saturated heterocycles. The standard InChI is InChI=1S/C12H11BrF2N4/c1-6-10(15)12(18-7(2)17-6)16-5-8-3-4-9(14)19-11(8)13/h3-4H,5H2,1-2H3,(H,16,17,18). The van der Waals surface area contributed by atoms with E-state index in [1.165, 1.54) is 6.07 Å². The molecule has 0 radical (unpaired) electrons. The van der Waals surface area contributed by atoms with Crippen molar-refractivity contribution in [2.75, 3.05) is 5.32 Å². The van der Waals surface area contributed by atoms with Crippen molar-refractivity contribution < 1.29 is 8.78 Å². The topological polar surface area (TPSA) is 50.7 Å². The Labute approximate surface area is 117 Å². The SMILES string of the molecule is Cc1nc(C)c(F)c(NCc2ccc(F)nc2Br)n1. The minimum atomic E-state index is -0.574.